The van der Waals surface area contributed by atoms with E-state index < -0.39 is 5.60 Å². The van der Waals surface area contributed by atoms with E-state index in [1.165, 1.54) is 19.3 Å². The van der Waals surface area contributed by atoms with Gasteiger partial charge in [-0.15, -0.1) is 0 Å². The van der Waals surface area contributed by atoms with E-state index in [1.807, 2.05) is 7.11 Å². The molecule has 0 aromatic heterocycles. The summed E-state index contributed by atoms with van der Waals surface area (Å²) in [7, 11) is 3.63. The van der Waals surface area contributed by atoms with E-state index in [4.69, 9.17) is 14.2 Å². The fourth-order valence-electron chi connectivity index (χ4n) is 10.3. The van der Waals surface area contributed by atoms with Crippen molar-refractivity contribution in [1.82, 2.24) is 0 Å². The molecule has 1 aliphatic heterocycles. The Balaban J connectivity index is 1.49. The first-order valence-electron chi connectivity index (χ1n) is 14.6. The first-order chi connectivity index (χ1) is 16.8. The molecule has 0 amide bonds. The van der Waals surface area contributed by atoms with Crippen molar-refractivity contribution in [3.63, 3.8) is 0 Å². The average Bonchev–Trinajstić information content (AvgIpc) is 3.20. The summed E-state index contributed by atoms with van der Waals surface area (Å²) in [4.78, 5) is 0. The lowest BCUT2D eigenvalue weighted by Gasteiger charge is -2.65. The number of fused-ring (bicyclic) bond motifs is 2. The van der Waals surface area contributed by atoms with Gasteiger partial charge in [-0.25, -0.2) is 0 Å². The van der Waals surface area contributed by atoms with E-state index in [-0.39, 0.29) is 34.2 Å². The highest BCUT2D eigenvalue weighted by atomic mass is 16.7. The quantitative estimate of drug-likeness (QED) is 0.402. The molecule has 2 bridgehead atoms. The van der Waals surface area contributed by atoms with Gasteiger partial charge in [0.05, 0.1) is 11.7 Å². The highest BCUT2D eigenvalue weighted by molar-refractivity contribution is 5.34. The Labute approximate surface area is 220 Å². The number of hydrogen-bond acceptors (Lipinski definition) is 4. The fraction of sp³-hybridized carbons (Fsp3) is 0.875. The predicted octanol–water partition coefficient (Wildman–Crippen LogP) is 6.92. The monoisotopic (exact) mass is 500 g/mol. The zero-order valence-electron chi connectivity index (χ0n) is 24.4. The first kappa shape index (κ1) is 26.9. The minimum Gasteiger partial charge on any atom is -0.392 e. The second kappa shape index (κ2) is 8.41. The molecule has 204 valence electrons. The molecule has 0 aromatic carbocycles. The van der Waals surface area contributed by atoms with Crippen molar-refractivity contribution in [3.8, 4) is 0 Å². The summed E-state index contributed by atoms with van der Waals surface area (Å²) in [6, 6.07) is 0. The van der Waals surface area contributed by atoms with Gasteiger partial charge in [0, 0.05) is 31.0 Å². The fourth-order valence-corrected chi connectivity index (χ4v) is 10.3. The van der Waals surface area contributed by atoms with Gasteiger partial charge in [0.1, 0.15) is 5.60 Å². The summed E-state index contributed by atoms with van der Waals surface area (Å²) < 4.78 is 18.8. The van der Waals surface area contributed by atoms with E-state index in [0.29, 0.717) is 29.1 Å². The van der Waals surface area contributed by atoms with E-state index in [9.17, 15) is 5.11 Å². The number of allylic oxidation sites excluding steroid dienone is 2. The average molecular weight is 501 g/mol. The third kappa shape index (κ3) is 3.20. The second-order valence-corrected chi connectivity index (χ2v) is 14.7. The molecule has 36 heavy (non-hydrogen) atoms. The highest BCUT2D eigenvalue weighted by Crippen LogP contribution is 2.78. The molecule has 1 N–H and O–H groups in total. The van der Waals surface area contributed by atoms with Crippen LogP contribution in [0.25, 0.3) is 0 Å². The summed E-state index contributed by atoms with van der Waals surface area (Å²) in [6.07, 6.45) is 16.9. The van der Waals surface area contributed by atoms with Crippen molar-refractivity contribution in [3.05, 3.63) is 24.3 Å². The summed E-state index contributed by atoms with van der Waals surface area (Å²) in [5.74, 6) is 2.20. The third-order valence-corrected chi connectivity index (χ3v) is 12.9. The second-order valence-electron chi connectivity index (χ2n) is 14.7. The van der Waals surface area contributed by atoms with E-state index in [2.05, 4.69) is 72.8 Å². The summed E-state index contributed by atoms with van der Waals surface area (Å²) >= 11 is 0. The lowest BCUT2D eigenvalue weighted by molar-refractivity contribution is -0.225. The van der Waals surface area contributed by atoms with Crippen LogP contribution in [0, 0.1) is 45.3 Å². The molecule has 1 heterocycles. The molecule has 4 fully saturated rings. The molecule has 0 aromatic rings. The van der Waals surface area contributed by atoms with Gasteiger partial charge in [0.2, 0.25) is 0 Å². The number of aliphatic hydroxyl groups is 1. The molecule has 1 spiro atoms. The van der Waals surface area contributed by atoms with Gasteiger partial charge in [0.15, 0.2) is 6.29 Å². The Morgan fingerprint density at radius 2 is 1.78 bits per heavy atom. The van der Waals surface area contributed by atoms with Crippen LogP contribution in [0.3, 0.4) is 0 Å². The molecule has 4 heteroatoms. The van der Waals surface area contributed by atoms with Crippen LogP contribution in [0.4, 0.5) is 0 Å². The van der Waals surface area contributed by atoms with Crippen LogP contribution in [0.15, 0.2) is 24.3 Å². The van der Waals surface area contributed by atoms with Gasteiger partial charge >= 0.3 is 0 Å². The zero-order valence-corrected chi connectivity index (χ0v) is 24.4. The maximum Gasteiger partial charge on any atom is 0.164 e. The van der Waals surface area contributed by atoms with Crippen molar-refractivity contribution < 1.29 is 19.3 Å². The number of ether oxygens (including phenoxy) is 3. The Morgan fingerprint density at radius 3 is 2.44 bits per heavy atom. The molecule has 5 rings (SSSR count). The van der Waals surface area contributed by atoms with Gasteiger partial charge in [-0.3, -0.25) is 0 Å². The van der Waals surface area contributed by atoms with Crippen LogP contribution in [-0.4, -0.2) is 42.9 Å². The van der Waals surface area contributed by atoms with Crippen molar-refractivity contribution in [2.24, 2.45) is 45.3 Å². The van der Waals surface area contributed by atoms with Crippen LogP contribution in [-0.2, 0) is 14.2 Å². The SMILES string of the molecule is CO[C@@H]1OC23C=CC4C1(CCC1(C)C([C@H](C)C/C=C/C(C)(C)OC)CC[C@@]41C)[C@@H]2CCC(O)C3(C)C. The molecule has 0 radical (unpaired) electrons. The minimum absolute atomic E-state index is 0.00428. The summed E-state index contributed by atoms with van der Waals surface area (Å²) in [5.41, 5.74) is -0.460. The van der Waals surface area contributed by atoms with E-state index in [0.717, 1.165) is 25.7 Å². The normalized spacial score (nSPS) is 50.1. The van der Waals surface area contributed by atoms with Crippen LogP contribution >= 0.6 is 0 Å². The Hall–Kier alpha value is -0.680. The van der Waals surface area contributed by atoms with Gasteiger partial charge in [-0.2, -0.15) is 0 Å². The number of hydrogen-bond donors (Lipinski definition) is 1. The molecule has 6 unspecified atom stereocenters. The van der Waals surface area contributed by atoms with Gasteiger partial charge in [-0.05, 0) is 87.4 Å². The van der Waals surface area contributed by atoms with Crippen molar-refractivity contribution in [2.75, 3.05) is 14.2 Å². The topological polar surface area (TPSA) is 47.9 Å². The Bertz CT molecular complexity index is 921. The molecular weight excluding hydrogens is 448 g/mol. The molecule has 4 aliphatic carbocycles. The molecule has 4 nitrogen and oxygen atoms in total. The number of methoxy groups -OCH3 is 2. The van der Waals surface area contributed by atoms with Gasteiger partial charge in [-0.1, -0.05) is 58.9 Å². The van der Waals surface area contributed by atoms with Crippen LogP contribution in [0.1, 0.15) is 93.4 Å². The standard InChI is InChI=1S/C32H52O4/c1-21(11-10-16-27(2,3)35-9)22-14-17-30(7)23-15-18-32-24(12-13-25(33)28(32,4)5)31(23,26(34-8)36-32)20-19-29(22,30)6/h10,15-16,18,21-26,33H,11-14,17,19-20H2,1-9H3/b16-10+/t21-,22?,23?,24+,25?,26-,29?,30+,31?,32?/m1/s1. The maximum atomic E-state index is 11.0. The lowest BCUT2D eigenvalue weighted by atomic mass is 9.38. The molecular formula is C32H52O4. The van der Waals surface area contributed by atoms with Crippen LogP contribution in [0.5, 0.6) is 0 Å². The number of rotatable bonds is 6. The molecule has 1 saturated heterocycles. The molecule has 3 saturated carbocycles. The number of aliphatic hydroxyl groups excluding tert-OH is 1. The van der Waals surface area contributed by atoms with Crippen LogP contribution in [0.2, 0.25) is 0 Å². The largest absolute Gasteiger partial charge is 0.392 e. The lowest BCUT2D eigenvalue weighted by Crippen LogP contribution is -2.65. The van der Waals surface area contributed by atoms with Crippen molar-refractivity contribution >= 4 is 0 Å². The molecule has 5 aliphatic rings. The van der Waals surface area contributed by atoms with E-state index >= 15 is 0 Å². The zero-order chi connectivity index (χ0) is 26.4. The first-order valence-corrected chi connectivity index (χ1v) is 14.6. The third-order valence-electron chi connectivity index (χ3n) is 12.9. The predicted molar refractivity (Wildman–Crippen MR) is 144 cm³/mol. The smallest absolute Gasteiger partial charge is 0.164 e. The minimum atomic E-state index is -0.434. The highest BCUT2D eigenvalue weighted by Gasteiger charge is 2.78. The summed E-state index contributed by atoms with van der Waals surface area (Å²) in [5, 5.41) is 11.0. The Kier molecular flexibility index (Phi) is 6.28. The summed E-state index contributed by atoms with van der Waals surface area (Å²) in [6.45, 7) is 16.3. The Morgan fingerprint density at radius 1 is 1.06 bits per heavy atom. The maximum absolute atomic E-state index is 11.0. The van der Waals surface area contributed by atoms with Crippen LogP contribution < -0.4 is 0 Å². The molecule has 10 atom stereocenters. The van der Waals surface area contributed by atoms with Gasteiger partial charge < -0.3 is 19.3 Å². The van der Waals surface area contributed by atoms with Crippen molar-refractivity contribution in [1.29, 1.82) is 0 Å². The van der Waals surface area contributed by atoms with Crippen molar-refractivity contribution in [2.45, 2.75) is 117 Å². The van der Waals surface area contributed by atoms with Gasteiger partial charge in [0.25, 0.3) is 0 Å². The van der Waals surface area contributed by atoms with E-state index in [1.54, 1.807) is 7.11 Å².